The summed E-state index contributed by atoms with van der Waals surface area (Å²) in [6.07, 6.45) is 1.05. The van der Waals surface area contributed by atoms with Crippen LogP contribution in [0.5, 0.6) is 0 Å². The van der Waals surface area contributed by atoms with Crippen molar-refractivity contribution in [1.82, 2.24) is 9.80 Å². The molecule has 4 heteroatoms. The van der Waals surface area contributed by atoms with Crippen molar-refractivity contribution in [2.24, 2.45) is 0 Å². The van der Waals surface area contributed by atoms with Gasteiger partial charge in [0.2, 0.25) is 0 Å². The van der Waals surface area contributed by atoms with E-state index in [9.17, 15) is 4.79 Å². The van der Waals surface area contributed by atoms with Crippen LogP contribution in [-0.2, 0) is 0 Å². The first-order valence-electron chi connectivity index (χ1n) is 6.32. The molecule has 18 heavy (non-hydrogen) atoms. The zero-order valence-electron chi connectivity index (χ0n) is 10.9. The highest BCUT2D eigenvalue weighted by atomic mass is 79.9. The quantitative estimate of drug-likeness (QED) is 0.796. The van der Waals surface area contributed by atoms with Gasteiger partial charge in [0, 0.05) is 29.7 Å². The molecule has 0 saturated carbocycles. The van der Waals surface area contributed by atoms with E-state index in [1.807, 2.05) is 30.0 Å². The van der Waals surface area contributed by atoms with Gasteiger partial charge in [-0.3, -0.25) is 4.79 Å². The predicted octanol–water partition coefficient (Wildman–Crippen LogP) is 2.54. The second-order valence-corrected chi connectivity index (χ2v) is 5.82. The second kappa shape index (κ2) is 5.85. The Hall–Kier alpha value is -0.870. The number of hydrogen-bond acceptors (Lipinski definition) is 2. The van der Waals surface area contributed by atoms with Crippen LogP contribution in [-0.4, -0.2) is 48.9 Å². The van der Waals surface area contributed by atoms with Gasteiger partial charge in [-0.1, -0.05) is 15.9 Å². The third-order valence-corrected chi connectivity index (χ3v) is 3.92. The van der Waals surface area contributed by atoms with Crippen molar-refractivity contribution in [2.75, 3.05) is 33.2 Å². The SMILES string of the molecule is Cc1cc(Br)ccc1C(=O)N1CCCN(C)CC1. The first-order valence-corrected chi connectivity index (χ1v) is 7.11. The summed E-state index contributed by atoms with van der Waals surface area (Å²) in [5.74, 6) is 0.162. The Bertz CT molecular complexity index is 447. The first-order chi connectivity index (χ1) is 8.58. The highest BCUT2D eigenvalue weighted by molar-refractivity contribution is 9.10. The average molecular weight is 311 g/mol. The van der Waals surface area contributed by atoms with E-state index in [2.05, 4.69) is 27.9 Å². The molecule has 1 aliphatic heterocycles. The molecule has 0 radical (unpaired) electrons. The number of halogens is 1. The van der Waals surface area contributed by atoms with E-state index in [0.717, 1.165) is 48.2 Å². The zero-order chi connectivity index (χ0) is 13.1. The summed E-state index contributed by atoms with van der Waals surface area (Å²) < 4.78 is 1.02. The van der Waals surface area contributed by atoms with Crippen LogP contribution in [0.3, 0.4) is 0 Å². The molecule has 1 saturated heterocycles. The number of carbonyl (C=O) groups is 1. The third-order valence-electron chi connectivity index (χ3n) is 3.43. The van der Waals surface area contributed by atoms with Crippen molar-refractivity contribution in [2.45, 2.75) is 13.3 Å². The van der Waals surface area contributed by atoms with Gasteiger partial charge in [-0.05, 0) is 50.7 Å². The lowest BCUT2D eigenvalue weighted by atomic mass is 10.1. The molecule has 0 spiro atoms. The molecule has 1 amide bonds. The van der Waals surface area contributed by atoms with Crippen molar-refractivity contribution < 1.29 is 4.79 Å². The summed E-state index contributed by atoms with van der Waals surface area (Å²) in [4.78, 5) is 16.7. The van der Waals surface area contributed by atoms with Gasteiger partial charge in [-0.15, -0.1) is 0 Å². The fraction of sp³-hybridized carbons (Fsp3) is 0.500. The number of likely N-dealkylation sites (N-methyl/N-ethyl adjacent to an activating group) is 1. The molecular formula is C14H19BrN2O. The van der Waals surface area contributed by atoms with Crippen molar-refractivity contribution in [3.63, 3.8) is 0 Å². The highest BCUT2D eigenvalue weighted by Crippen LogP contribution is 2.18. The third kappa shape index (κ3) is 3.12. The number of hydrogen-bond donors (Lipinski definition) is 0. The summed E-state index contributed by atoms with van der Waals surface area (Å²) in [7, 11) is 2.11. The van der Waals surface area contributed by atoms with Gasteiger partial charge in [0.05, 0.1) is 0 Å². The predicted molar refractivity (Wildman–Crippen MR) is 76.9 cm³/mol. The molecule has 0 aromatic heterocycles. The Labute approximate surface area is 117 Å². The smallest absolute Gasteiger partial charge is 0.254 e. The number of nitrogens with zero attached hydrogens (tertiary/aromatic N) is 2. The first kappa shape index (κ1) is 13.6. The fourth-order valence-corrected chi connectivity index (χ4v) is 2.76. The van der Waals surface area contributed by atoms with Crippen LogP contribution in [0.4, 0.5) is 0 Å². The Kier molecular flexibility index (Phi) is 4.40. The minimum Gasteiger partial charge on any atom is -0.337 e. The van der Waals surface area contributed by atoms with Crippen LogP contribution in [0.2, 0.25) is 0 Å². The van der Waals surface area contributed by atoms with Crippen LogP contribution in [0, 0.1) is 6.92 Å². The summed E-state index contributed by atoms with van der Waals surface area (Å²) in [5, 5.41) is 0. The maximum absolute atomic E-state index is 12.5. The molecule has 1 aromatic carbocycles. The van der Waals surface area contributed by atoms with E-state index in [1.54, 1.807) is 0 Å². The van der Waals surface area contributed by atoms with Crippen molar-refractivity contribution in [3.05, 3.63) is 33.8 Å². The minimum absolute atomic E-state index is 0.162. The number of rotatable bonds is 1. The molecule has 0 aliphatic carbocycles. The van der Waals surface area contributed by atoms with Crippen LogP contribution in [0.1, 0.15) is 22.3 Å². The molecule has 3 nitrogen and oxygen atoms in total. The van der Waals surface area contributed by atoms with E-state index < -0.39 is 0 Å². The van der Waals surface area contributed by atoms with E-state index in [4.69, 9.17) is 0 Å². The lowest BCUT2D eigenvalue weighted by Gasteiger charge is -2.21. The Morgan fingerprint density at radius 3 is 2.72 bits per heavy atom. The lowest BCUT2D eigenvalue weighted by molar-refractivity contribution is 0.0762. The fourth-order valence-electron chi connectivity index (χ4n) is 2.29. The van der Waals surface area contributed by atoms with Gasteiger partial charge in [-0.2, -0.15) is 0 Å². The molecule has 1 fully saturated rings. The molecule has 0 N–H and O–H groups in total. The van der Waals surface area contributed by atoms with Gasteiger partial charge >= 0.3 is 0 Å². The van der Waals surface area contributed by atoms with Crippen LogP contribution in [0.25, 0.3) is 0 Å². The monoisotopic (exact) mass is 310 g/mol. The Morgan fingerprint density at radius 1 is 1.22 bits per heavy atom. The normalized spacial score (nSPS) is 17.6. The van der Waals surface area contributed by atoms with Crippen molar-refractivity contribution in [1.29, 1.82) is 0 Å². The number of carbonyl (C=O) groups excluding carboxylic acids is 1. The van der Waals surface area contributed by atoms with Gasteiger partial charge in [0.1, 0.15) is 0 Å². The van der Waals surface area contributed by atoms with Gasteiger partial charge in [-0.25, -0.2) is 0 Å². The molecule has 0 bridgehead atoms. The Balaban J connectivity index is 2.15. The van der Waals surface area contributed by atoms with Crippen LogP contribution >= 0.6 is 15.9 Å². The number of amides is 1. The lowest BCUT2D eigenvalue weighted by Crippen LogP contribution is -2.34. The number of benzene rings is 1. The summed E-state index contributed by atoms with van der Waals surface area (Å²) in [5.41, 5.74) is 1.86. The standard InChI is InChI=1S/C14H19BrN2O/c1-11-10-12(15)4-5-13(11)14(18)17-7-3-6-16(2)8-9-17/h4-5,10H,3,6-9H2,1-2H3. The molecule has 0 unspecified atom stereocenters. The van der Waals surface area contributed by atoms with Gasteiger partial charge in [0.25, 0.3) is 5.91 Å². The maximum Gasteiger partial charge on any atom is 0.254 e. The molecule has 1 aliphatic rings. The van der Waals surface area contributed by atoms with E-state index in [-0.39, 0.29) is 5.91 Å². The maximum atomic E-state index is 12.5. The summed E-state index contributed by atoms with van der Waals surface area (Å²) in [6, 6.07) is 5.84. The summed E-state index contributed by atoms with van der Waals surface area (Å²) >= 11 is 3.43. The molecular weight excluding hydrogens is 292 g/mol. The highest BCUT2D eigenvalue weighted by Gasteiger charge is 2.20. The van der Waals surface area contributed by atoms with Crippen molar-refractivity contribution >= 4 is 21.8 Å². The topological polar surface area (TPSA) is 23.6 Å². The molecule has 98 valence electrons. The van der Waals surface area contributed by atoms with Crippen LogP contribution < -0.4 is 0 Å². The zero-order valence-corrected chi connectivity index (χ0v) is 12.5. The van der Waals surface area contributed by atoms with E-state index >= 15 is 0 Å². The number of aryl methyl sites for hydroxylation is 1. The van der Waals surface area contributed by atoms with Gasteiger partial charge in [0.15, 0.2) is 0 Å². The molecule has 1 aromatic rings. The van der Waals surface area contributed by atoms with E-state index in [1.165, 1.54) is 0 Å². The van der Waals surface area contributed by atoms with Crippen LogP contribution in [0.15, 0.2) is 22.7 Å². The minimum atomic E-state index is 0.162. The van der Waals surface area contributed by atoms with Gasteiger partial charge < -0.3 is 9.80 Å². The second-order valence-electron chi connectivity index (χ2n) is 4.91. The van der Waals surface area contributed by atoms with Crippen molar-refractivity contribution in [3.8, 4) is 0 Å². The molecule has 0 atom stereocenters. The Morgan fingerprint density at radius 2 is 2.00 bits per heavy atom. The molecule has 2 rings (SSSR count). The average Bonchev–Trinajstić information content (AvgIpc) is 2.53. The molecule has 1 heterocycles. The largest absolute Gasteiger partial charge is 0.337 e. The van der Waals surface area contributed by atoms with E-state index in [0.29, 0.717) is 0 Å². The summed E-state index contributed by atoms with van der Waals surface area (Å²) in [6.45, 7) is 5.70.